The second-order valence-electron chi connectivity index (χ2n) is 3.98. The Balaban J connectivity index is 3.12. The van der Waals surface area contributed by atoms with E-state index in [4.69, 9.17) is 14.2 Å². The fourth-order valence-electron chi connectivity index (χ4n) is 1.33. The predicted octanol–water partition coefficient (Wildman–Crippen LogP) is 0.542. The zero-order valence-electron chi connectivity index (χ0n) is 11.7. The molecule has 1 amide bonds. The standard InChI is InChI=1S/C13H25NO5/c1-17-9-10-19-12-11-18-8-6-14-13(16)5-3-2-4-7-15/h7H,2-6,8-12H2,1H3,(H,14,16). The largest absolute Gasteiger partial charge is 0.382 e. The lowest BCUT2D eigenvalue weighted by Gasteiger charge is -2.07. The molecule has 0 aliphatic carbocycles. The van der Waals surface area contributed by atoms with Crippen LogP contribution >= 0.6 is 0 Å². The number of amides is 1. The van der Waals surface area contributed by atoms with Gasteiger partial charge in [0, 0.05) is 26.5 Å². The number of hydrogen-bond donors (Lipinski definition) is 1. The van der Waals surface area contributed by atoms with Crippen molar-refractivity contribution in [2.45, 2.75) is 25.7 Å². The maximum absolute atomic E-state index is 11.3. The molecule has 0 aromatic heterocycles. The summed E-state index contributed by atoms with van der Waals surface area (Å²) < 4.78 is 15.3. The molecule has 0 atom stereocenters. The van der Waals surface area contributed by atoms with E-state index in [1.807, 2.05) is 0 Å². The summed E-state index contributed by atoms with van der Waals surface area (Å²) in [6, 6.07) is 0. The molecule has 0 saturated carbocycles. The molecule has 0 aliphatic heterocycles. The Hall–Kier alpha value is -0.980. The van der Waals surface area contributed by atoms with E-state index >= 15 is 0 Å². The normalized spacial score (nSPS) is 10.4. The van der Waals surface area contributed by atoms with Crippen molar-refractivity contribution < 1.29 is 23.8 Å². The quantitative estimate of drug-likeness (QED) is 0.370. The van der Waals surface area contributed by atoms with Crippen LogP contribution in [0.15, 0.2) is 0 Å². The molecule has 6 heteroatoms. The van der Waals surface area contributed by atoms with Crippen molar-refractivity contribution in [2.24, 2.45) is 0 Å². The molecule has 1 N–H and O–H groups in total. The first-order valence-corrected chi connectivity index (χ1v) is 6.66. The molecular weight excluding hydrogens is 250 g/mol. The van der Waals surface area contributed by atoms with Gasteiger partial charge in [0.25, 0.3) is 0 Å². The molecule has 0 radical (unpaired) electrons. The zero-order chi connectivity index (χ0) is 14.2. The Kier molecular flexibility index (Phi) is 14.3. The van der Waals surface area contributed by atoms with Gasteiger partial charge in [0.1, 0.15) is 6.29 Å². The van der Waals surface area contributed by atoms with Gasteiger partial charge in [-0.1, -0.05) is 0 Å². The van der Waals surface area contributed by atoms with Crippen LogP contribution in [-0.4, -0.2) is 58.9 Å². The van der Waals surface area contributed by atoms with Crippen molar-refractivity contribution in [2.75, 3.05) is 46.7 Å². The van der Waals surface area contributed by atoms with Gasteiger partial charge in [-0.15, -0.1) is 0 Å². The number of methoxy groups -OCH3 is 1. The summed E-state index contributed by atoms with van der Waals surface area (Å²) in [5, 5.41) is 2.76. The molecule has 0 bridgehead atoms. The van der Waals surface area contributed by atoms with Crippen molar-refractivity contribution in [1.29, 1.82) is 0 Å². The lowest BCUT2D eigenvalue weighted by atomic mass is 10.2. The lowest BCUT2D eigenvalue weighted by Crippen LogP contribution is -2.27. The molecule has 112 valence electrons. The summed E-state index contributed by atoms with van der Waals surface area (Å²) in [5.74, 6) is 0.00541. The molecule has 0 spiro atoms. The number of aldehydes is 1. The van der Waals surface area contributed by atoms with Crippen LogP contribution in [0.4, 0.5) is 0 Å². The van der Waals surface area contributed by atoms with Gasteiger partial charge in [-0.3, -0.25) is 4.79 Å². The van der Waals surface area contributed by atoms with Crippen LogP contribution in [0.2, 0.25) is 0 Å². The van der Waals surface area contributed by atoms with Crippen molar-refractivity contribution in [3.63, 3.8) is 0 Å². The van der Waals surface area contributed by atoms with Gasteiger partial charge in [-0.05, 0) is 12.8 Å². The highest BCUT2D eigenvalue weighted by Gasteiger charge is 1.99. The molecule has 0 aromatic rings. The maximum Gasteiger partial charge on any atom is 0.220 e. The number of nitrogens with one attached hydrogen (secondary N) is 1. The van der Waals surface area contributed by atoms with Gasteiger partial charge < -0.3 is 24.3 Å². The Morgan fingerprint density at radius 3 is 2.42 bits per heavy atom. The van der Waals surface area contributed by atoms with Crippen molar-refractivity contribution in [3.8, 4) is 0 Å². The van der Waals surface area contributed by atoms with Gasteiger partial charge in [-0.25, -0.2) is 0 Å². The van der Waals surface area contributed by atoms with Crippen LogP contribution in [0, 0.1) is 0 Å². The minimum atomic E-state index is 0.00541. The van der Waals surface area contributed by atoms with E-state index in [1.165, 1.54) is 0 Å². The topological polar surface area (TPSA) is 73.9 Å². The van der Waals surface area contributed by atoms with Crippen LogP contribution in [0.5, 0.6) is 0 Å². The van der Waals surface area contributed by atoms with Gasteiger partial charge in [0.15, 0.2) is 0 Å². The first kappa shape index (κ1) is 18.0. The highest BCUT2D eigenvalue weighted by Crippen LogP contribution is 1.97. The van der Waals surface area contributed by atoms with E-state index < -0.39 is 0 Å². The van der Waals surface area contributed by atoms with Crippen LogP contribution in [0.25, 0.3) is 0 Å². The van der Waals surface area contributed by atoms with Crippen LogP contribution < -0.4 is 5.32 Å². The highest BCUT2D eigenvalue weighted by atomic mass is 16.5. The monoisotopic (exact) mass is 275 g/mol. The van der Waals surface area contributed by atoms with E-state index in [9.17, 15) is 9.59 Å². The first-order chi connectivity index (χ1) is 9.31. The molecule has 0 unspecified atom stereocenters. The Labute approximate surface area is 114 Å². The number of unbranched alkanes of at least 4 members (excludes halogenated alkanes) is 2. The van der Waals surface area contributed by atoms with E-state index in [0.29, 0.717) is 52.4 Å². The summed E-state index contributed by atoms with van der Waals surface area (Å²) >= 11 is 0. The molecule has 0 fully saturated rings. The minimum Gasteiger partial charge on any atom is -0.382 e. The van der Waals surface area contributed by atoms with Crippen molar-refractivity contribution >= 4 is 12.2 Å². The molecule has 19 heavy (non-hydrogen) atoms. The second-order valence-corrected chi connectivity index (χ2v) is 3.98. The molecular formula is C13H25NO5. The Bertz CT molecular complexity index is 223. The smallest absolute Gasteiger partial charge is 0.220 e. The molecule has 0 rings (SSSR count). The predicted molar refractivity (Wildman–Crippen MR) is 71.1 cm³/mol. The molecule has 0 aliphatic rings. The summed E-state index contributed by atoms with van der Waals surface area (Å²) in [7, 11) is 1.63. The van der Waals surface area contributed by atoms with E-state index in [1.54, 1.807) is 7.11 Å². The molecule has 0 aromatic carbocycles. The number of carbonyl (C=O) groups is 2. The number of ether oxygens (including phenoxy) is 3. The fourth-order valence-corrected chi connectivity index (χ4v) is 1.33. The van der Waals surface area contributed by atoms with Gasteiger partial charge in [0.05, 0.1) is 33.0 Å². The number of rotatable bonds is 14. The van der Waals surface area contributed by atoms with Crippen molar-refractivity contribution in [1.82, 2.24) is 5.32 Å². The third-order valence-corrected chi connectivity index (χ3v) is 2.35. The highest BCUT2D eigenvalue weighted by molar-refractivity contribution is 5.75. The summed E-state index contributed by atoms with van der Waals surface area (Å²) in [6.07, 6.45) is 3.39. The maximum atomic E-state index is 11.3. The van der Waals surface area contributed by atoms with Gasteiger partial charge >= 0.3 is 0 Å². The van der Waals surface area contributed by atoms with Gasteiger partial charge in [-0.2, -0.15) is 0 Å². The van der Waals surface area contributed by atoms with Crippen LogP contribution in [-0.2, 0) is 23.8 Å². The second kappa shape index (κ2) is 15.1. The Morgan fingerprint density at radius 1 is 1.05 bits per heavy atom. The molecule has 0 heterocycles. The average Bonchev–Trinajstić information content (AvgIpc) is 2.42. The van der Waals surface area contributed by atoms with Crippen molar-refractivity contribution in [3.05, 3.63) is 0 Å². The fraction of sp³-hybridized carbons (Fsp3) is 0.846. The van der Waals surface area contributed by atoms with Crippen LogP contribution in [0.3, 0.4) is 0 Å². The molecule has 6 nitrogen and oxygen atoms in total. The van der Waals surface area contributed by atoms with E-state index in [0.717, 1.165) is 19.1 Å². The van der Waals surface area contributed by atoms with E-state index in [-0.39, 0.29) is 5.91 Å². The zero-order valence-corrected chi connectivity index (χ0v) is 11.7. The SMILES string of the molecule is COCCOCCOCCNC(=O)CCCCC=O. The third-order valence-electron chi connectivity index (χ3n) is 2.35. The minimum absolute atomic E-state index is 0.00541. The summed E-state index contributed by atoms with van der Waals surface area (Å²) in [6.45, 7) is 3.18. The number of carbonyl (C=O) groups excluding carboxylic acids is 2. The average molecular weight is 275 g/mol. The summed E-state index contributed by atoms with van der Waals surface area (Å²) in [5.41, 5.74) is 0. The van der Waals surface area contributed by atoms with E-state index in [2.05, 4.69) is 5.32 Å². The first-order valence-electron chi connectivity index (χ1n) is 6.66. The van der Waals surface area contributed by atoms with Gasteiger partial charge in [0.2, 0.25) is 5.91 Å². The number of hydrogen-bond acceptors (Lipinski definition) is 5. The summed E-state index contributed by atoms with van der Waals surface area (Å²) in [4.78, 5) is 21.4. The Morgan fingerprint density at radius 2 is 1.74 bits per heavy atom. The van der Waals surface area contributed by atoms with Crippen LogP contribution in [0.1, 0.15) is 25.7 Å². The third kappa shape index (κ3) is 15.0. The molecule has 0 saturated heterocycles. The lowest BCUT2D eigenvalue weighted by molar-refractivity contribution is -0.121.